The van der Waals surface area contributed by atoms with Gasteiger partial charge in [0, 0.05) is 34.2 Å². The molecule has 1 heterocycles. The lowest BCUT2D eigenvalue weighted by Crippen LogP contribution is -2.61. The minimum absolute atomic E-state index is 0.0127. The molecule has 1 aromatic carbocycles. The van der Waals surface area contributed by atoms with Crippen molar-refractivity contribution in [1.82, 2.24) is 25.3 Å². The van der Waals surface area contributed by atoms with Crippen LogP contribution in [0.4, 0.5) is 0 Å². The second-order valence-corrected chi connectivity index (χ2v) is 15.3. The number of carboxylic acids is 1. The van der Waals surface area contributed by atoms with Gasteiger partial charge in [0.2, 0.25) is 23.6 Å². The number of hydrogen-bond acceptors (Lipinski definition) is 8. The first-order chi connectivity index (χ1) is 24.3. The molecule has 0 bridgehead atoms. The number of likely N-dealkylation sites (tertiary alicyclic amines) is 1. The highest BCUT2D eigenvalue weighted by atomic mass is 16.5. The molecule has 0 saturated carbocycles. The lowest BCUT2D eigenvalue weighted by molar-refractivity contribution is -0.148. The Morgan fingerprint density at radius 3 is 2.10 bits per heavy atom. The normalized spacial score (nSPS) is 19.0. The molecular weight excluding hydrogens is 666 g/mol. The van der Waals surface area contributed by atoms with E-state index in [1.165, 1.54) is 14.2 Å². The average Bonchev–Trinajstić information content (AvgIpc) is 3.59. The van der Waals surface area contributed by atoms with E-state index in [1.807, 2.05) is 72.1 Å². The maximum absolute atomic E-state index is 14.1. The molecule has 0 spiro atoms. The summed E-state index contributed by atoms with van der Waals surface area (Å²) in [4.78, 5) is 72.2. The zero-order chi connectivity index (χ0) is 39.5. The fourth-order valence-electron chi connectivity index (χ4n) is 6.91. The minimum Gasteiger partial charge on any atom is -0.480 e. The van der Waals surface area contributed by atoms with Crippen molar-refractivity contribution in [2.75, 3.05) is 41.9 Å². The summed E-state index contributed by atoms with van der Waals surface area (Å²) >= 11 is 0. The van der Waals surface area contributed by atoms with E-state index < -0.39 is 59.7 Å². The first-order valence-corrected chi connectivity index (χ1v) is 18.5. The zero-order valence-corrected chi connectivity index (χ0v) is 33.5. The fourth-order valence-corrected chi connectivity index (χ4v) is 6.91. The van der Waals surface area contributed by atoms with Crippen molar-refractivity contribution >= 4 is 29.6 Å². The lowest BCUT2D eigenvalue weighted by atomic mass is 9.89. The second kappa shape index (κ2) is 20.1. The number of rotatable bonds is 20. The highest BCUT2D eigenvalue weighted by Gasteiger charge is 2.43. The van der Waals surface area contributed by atoms with Gasteiger partial charge in [0.1, 0.15) is 12.1 Å². The third-order valence-corrected chi connectivity index (χ3v) is 11.0. The van der Waals surface area contributed by atoms with Crippen LogP contribution in [0.5, 0.6) is 0 Å². The number of nitrogens with one attached hydrogen (secondary N) is 2. The molecule has 4 amide bonds. The van der Waals surface area contributed by atoms with Gasteiger partial charge in [-0.2, -0.15) is 0 Å². The summed E-state index contributed by atoms with van der Waals surface area (Å²) in [7, 11) is 8.36. The SMILES string of the molecule is CC[C@H](C)[C@@H]([C@@H](CC(=O)N1CCC[C@H]1C(OC)[C@@H](C)C(=O)N[C@@H](Cc1ccccc1)C(=O)O)OC)N(C)C(=O)[C@@H](NC(=O)C(C)(C)N(C)C)C(C)C. The van der Waals surface area contributed by atoms with E-state index in [1.54, 1.807) is 42.5 Å². The number of carbonyl (C=O) groups excluding carboxylic acids is 4. The number of nitrogens with zero attached hydrogens (tertiary/aromatic N) is 3. The first-order valence-electron chi connectivity index (χ1n) is 18.5. The van der Waals surface area contributed by atoms with Crippen molar-refractivity contribution in [2.24, 2.45) is 17.8 Å². The molecule has 2 rings (SSSR count). The van der Waals surface area contributed by atoms with Gasteiger partial charge in [-0.3, -0.25) is 24.1 Å². The maximum atomic E-state index is 14.1. The molecular formula is C39H65N5O8. The lowest BCUT2D eigenvalue weighted by Gasteiger charge is -2.41. The molecule has 0 radical (unpaired) electrons. The van der Waals surface area contributed by atoms with E-state index in [4.69, 9.17) is 9.47 Å². The summed E-state index contributed by atoms with van der Waals surface area (Å²) in [5.74, 6) is -3.32. The Balaban J connectivity index is 2.27. The summed E-state index contributed by atoms with van der Waals surface area (Å²) in [6, 6.07) is 6.28. The summed E-state index contributed by atoms with van der Waals surface area (Å²) in [6.07, 6.45) is 0.811. The van der Waals surface area contributed by atoms with Gasteiger partial charge in [-0.1, -0.05) is 71.4 Å². The number of likely N-dealkylation sites (N-methyl/N-ethyl adjacent to an activating group) is 2. The molecule has 52 heavy (non-hydrogen) atoms. The molecule has 8 atom stereocenters. The third kappa shape index (κ3) is 11.2. The van der Waals surface area contributed by atoms with Crippen molar-refractivity contribution in [3.8, 4) is 0 Å². The second-order valence-electron chi connectivity index (χ2n) is 15.3. The Hall–Kier alpha value is -3.55. The third-order valence-electron chi connectivity index (χ3n) is 11.0. The molecule has 13 nitrogen and oxygen atoms in total. The number of hydrogen-bond donors (Lipinski definition) is 3. The van der Waals surface area contributed by atoms with Crippen LogP contribution in [0.25, 0.3) is 0 Å². The Kier molecular flexibility index (Phi) is 17.2. The number of benzene rings is 1. The molecule has 1 saturated heterocycles. The molecule has 0 aliphatic carbocycles. The number of ether oxygens (including phenoxy) is 2. The monoisotopic (exact) mass is 731 g/mol. The maximum Gasteiger partial charge on any atom is 0.326 e. The van der Waals surface area contributed by atoms with Gasteiger partial charge in [-0.15, -0.1) is 0 Å². The van der Waals surface area contributed by atoms with Crippen molar-refractivity contribution in [2.45, 2.75) is 122 Å². The molecule has 1 aliphatic heterocycles. The van der Waals surface area contributed by atoms with Crippen LogP contribution in [0.2, 0.25) is 0 Å². The highest BCUT2D eigenvalue weighted by Crippen LogP contribution is 2.30. The first kappa shape index (κ1) is 44.6. The van der Waals surface area contributed by atoms with Crippen LogP contribution in [0.3, 0.4) is 0 Å². The summed E-state index contributed by atoms with van der Waals surface area (Å²) in [5.41, 5.74) is -0.0546. The fraction of sp³-hybridized carbons (Fsp3) is 0.718. The molecule has 0 aromatic heterocycles. The van der Waals surface area contributed by atoms with E-state index in [0.717, 1.165) is 12.0 Å². The van der Waals surface area contributed by atoms with Gasteiger partial charge in [0.05, 0.1) is 42.2 Å². The van der Waals surface area contributed by atoms with Crippen LogP contribution in [0.15, 0.2) is 30.3 Å². The summed E-state index contributed by atoms with van der Waals surface area (Å²) in [6.45, 7) is 13.6. The number of aliphatic carboxylic acids is 1. The zero-order valence-electron chi connectivity index (χ0n) is 33.5. The average molecular weight is 732 g/mol. The van der Waals surface area contributed by atoms with Crippen LogP contribution >= 0.6 is 0 Å². The summed E-state index contributed by atoms with van der Waals surface area (Å²) < 4.78 is 11.8. The highest BCUT2D eigenvalue weighted by molar-refractivity contribution is 5.92. The van der Waals surface area contributed by atoms with Gasteiger partial charge < -0.3 is 35.0 Å². The van der Waals surface area contributed by atoms with Crippen LogP contribution in [-0.2, 0) is 39.9 Å². The molecule has 1 aliphatic rings. The van der Waals surface area contributed by atoms with E-state index >= 15 is 0 Å². The van der Waals surface area contributed by atoms with Crippen LogP contribution < -0.4 is 10.6 Å². The molecule has 1 aromatic rings. The van der Waals surface area contributed by atoms with E-state index in [0.29, 0.717) is 19.4 Å². The minimum atomic E-state index is -1.14. The number of carbonyl (C=O) groups is 5. The van der Waals surface area contributed by atoms with Gasteiger partial charge in [-0.25, -0.2) is 4.79 Å². The van der Waals surface area contributed by atoms with E-state index in [2.05, 4.69) is 10.6 Å². The van der Waals surface area contributed by atoms with Crippen molar-refractivity contribution < 1.29 is 38.6 Å². The van der Waals surface area contributed by atoms with E-state index in [-0.39, 0.29) is 42.4 Å². The predicted octanol–water partition coefficient (Wildman–Crippen LogP) is 3.20. The van der Waals surface area contributed by atoms with Gasteiger partial charge in [-0.05, 0) is 58.2 Å². The molecule has 294 valence electrons. The molecule has 1 unspecified atom stereocenters. The molecule has 1 fully saturated rings. The quantitative estimate of drug-likeness (QED) is 0.183. The topological polar surface area (TPSA) is 158 Å². The molecule has 3 N–H and O–H groups in total. The smallest absolute Gasteiger partial charge is 0.326 e. The number of methoxy groups -OCH3 is 2. The largest absolute Gasteiger partial charge is 0.480 e. The Labute approximate surface area is 311 Å². The van der Waals surface area contributed by atoms with Crippen molar-refractivity contribution in [3.63, 3.8) is 0 Å². The van der Waals surface area contributed by atoms with Gasteiger partial charge in [0.15, 0.2) is 0 Å². The Morgan fingerprint density at radius 1 is 0.981 bits per heavy atom. The predicted molar refractivity (Wildman–Crippen MR) is 200 cm³/mol. The Bertz CT molecular complexity index is 1340. The van der Waals surface area contributed by atoms with Crippen LogP contribution in [0, 0.1) is 17.8 Å². The number of carboxylic acid groups (broad SMARTS) is 1. The van der Waals surface area contributed by atoms with Crippen LogP contribution in [0.1, 0.15) is 79.7 Å². The number of amides is 4. The van der Waals surface area contributed by atoms with E-state index in [9.17, 15) is 29.1 Å². The van der Waals surface area contributed by atoms with Gasteiger partial charge in [0.25, 0.3) is 0 Å². The van der Waals surface area contributed by atoms with Crippen molar-refractivity contribution in [1.29, 1.82) is 0 Å². The molecule has 13 heteroatoms. The standard InChI is InChI=1S/C39H65N5O8/c1-13-25(4)33(43(10)36(47)32(24(2)3)41-38(50)39(6,7)42(8)9)30(51-11)23-31(45)44-21-17-20-29(44)34(52-12)26(5)35(46)40-28(37(48)49)22-27-18-15-14-16-19-27/h14-16,18-19,24-26,28-30,32-34H,13,17,20-23H2,1-12H3,(H,40,46)(H,41,50)(H,48,49)/t25-,26+,28-,29-,30+,32-,33-,34?/m0/s1. The van der Waals surface area contributed by atoms with Crippen molar-refractivity contribution in [3.05, 3.63) is 35.9 Å². The Morgan fingerprint density at radius 2 is 1.60 bits per heavy atom. The summed E-state index contributed by atoms with van der Waals surface area (Å²) in [5, 5.41) is 15.5. The van der Waals surface area contributed by atoms with Crippen LogP contribution in [-0.4, -0.2) is 133 Å². The van der Waals surface area contributed by atoms with Gasteiger partial charge >= 0.3 is 5.97 Å².